The highest BCUT2D eigenvalue weighted by Gasteiger charge is 2.25. The van der Waals surface area contributed by atoms with Gasteiger partial charge in [0.2, 0.25) is 0 Å². The van der Waals surface area contributed by atoms with Gasteiger partial charge in [-0.05, 0) is 31.5 Å². The van der Waals surface area contributed by atoms with Crippen LogP contribution in [0.2, 0.25) is 5.15 Å². The SMILES string of the molecule is CC(C)(O)CN(Cc1ccccc1)C(=O)c1cccnc1Cl. The lowest BCUT2D eigenvalue weighted by Crippen LogP contribution is -2.42. The molecule has 2 rings (SSSR count). The van der Waals surface area contributed by atoms with Crippen LogP contribution < -0.4 is 0 Å². The van der Waals surface area contributed by atoms with Gasteiger partial charge in [0.25, 0.3) is 5.91 Å². The third kappa shape index (κ3) is 4.55. The van der Waals surface area contributed by atoms with Crippen molar-refractivity contribution in [1.82, 2.24) is 9.88 Å². The normalized spacial score (nSPS) is 11.3. The minimum atomic E-state index is -1.00. The molecule has 0 saturated heterocycles. The van der Waals surface area contributed by atoms with E-state index in [1.54, 1.807) is 30.9 Å². The predicted octanol–water partition coefficient (Wildman–Crippen LogP) is 3.15. The van der Waals surface area contributed by atoms with Gasteiger partial charge in [-0.15, -0.1) is 0 Å². The molecule has 0 aliphatic carbocycles. The number of hydrogen-bond acceptors (Lipinski definition) is 3. The van der Waals surface area contributed by atoms with Gasteiger partial charge in [-0.25, -0.2) is 4.98 Å². The predicted molar refractivity (Wildman–Crippen MR) is 86.7 cm³/mol. The molecule has 0 atom stereocenters. The standard InChI is InChI=1S/C17H19ClN2O2/c1-17(2,22)12-20(11-13-7-4-3-5-8-13)16(21)14-9-6-10-19-15(14)18/h3-10,22H,11-12H2,1-2H3. The van der Waals surface area contributed by atoms with Gasteiger partial charge >= 0.3 is 0 Å². The average molecular weight is 319 g/mol. The first-order chi connectivity index (χ1) is 10.4. The zero-order chi connectivity index (χ0) is 16.2. The van der Waals surface area contributed by atoms with Crippen molar-refractivity contribution in [2.45, 2.75) is 26.0 Å². The molecule has 1 N–H and O–H groups in total. The van der Waals surface area contributed by atoms with E-state index in [1.807, 2.05) is 30.3 Å². The van der Waals surface area contributed by atoms with E-state index in [-0.39, 0.29) is 17.6 Å². The van der Waals surface area contributed by atoms with E-state index in [4.69, 9.17) is 11.6 Å². The fourth-order valence-corrected chi connectivity index (χ4v) is 2.39. The molecule has 1 aromatic heterocycles. The molecular weight excluding hydrogens is 300 g/mol. The number of aromatic nitrogens is 1. The van der Waals surface area contributed by atoms with E-state index in [2.05, 4.69) is 4.98 Å². The summed E-state index contributed by atoms with van der Waals surface area (Å²) in [6.45, 7) is 3.94. The number of pyridine rings is 1. The molecule has 0 aliphatic heterocycles. The molecule has 0 unspecified atom stereocenters. The summed E-state index contributed by atoms with van der Waals surface area (Å²) in [7, 11) is 0. The van der Waals surface area contributed by atoms with Crippen LogP contribution in [-0.4, -0.2) is 33.0 Å². The lowest BCUT2D eigenvalue weighted by molar-refractivity contribution is 0.0280. The number of halogens is 1. The van der Waals surface area contributed by atoms with Crippen LogP contribution in [0.3, 0.4) is 0 Å². The summed E-state index contributed by atoms with van der Waals surface area (Å²) >= 11 is 6.02. The number of rotatable bonds is 5. The van der Waals surface area contributed by atoms with E-state index in [0.29, 0.717) is 12.1 Å². The molecule has 2 aromatic rings. The molecule has 22 heavy (non-hydrogen) atoms. The Morgan fingerprint density at radius 1 is 1.23 bits per heavy atom. The zero-order valence-electron chi connectivity index (χ0n) is 12.7. The van der Waals surface area contributed by atoms with Gasteiger partial charge in [-0.1, -0.05) is 41.9 Å². The summed E-state index contributed by atoms with van der Waals surface area (Å²) in [5, 5.41) is 10.3. The van der Waals surface area contributed by atoms with Gasteiger partial charge in [-0.2, -0.15) is 0 Å². The Labute approximate surface area is 135 Å². The van der Waals surface area contributed by atoms with Crippen molar-refractivity contribution in [2.24, 2.45) is 0 Å². The van der Waals surface area contributed by atoms with Crippen molar-refractivity contribution in [3.05, 3.63) is 64.9 Å². The summed E-state index contributed by atoms with van der Waals surface area (Å²) in [6.07, 6.45) is 1.54. The summed E-state index contributed by atoms with van der Waals surface area (Å²) < 4.78 is 0. The fraction of sp³-hybridized carbons (Fsp3) is 0.294. The van der Waals surface area contributed by atoms with Crippen LogP contribution >= 0.6 is 11.6 Å². The zero-order valence-corrected chi connectivity index (χ0v) is 13.4. The molecule has 5 heteroatoms. The molecule has 1 aromatic carbocycles. The van der Waals surface area contributed by atoms with E-state index in [1.165, 1.54) is 6.20 Å². The average Bonchev–Trinajstić information content (AvgIpc) is 2.46. The summed E-state index contributed by atoms with van der Waals surface area (Å²) in [6, 6.07) is 12.9. The quantitative estimate of drug-likeness (QED) is 0.862. The Balaban J connectivity index is 2.28. The topological polar surface area (TPSA) is 53.4 Å². The van der Waals surface area contributed by atoms with Gasteiger partial charge in [-0.3, -0.25) is 4.79 Å². The van der Waals surface area contributed by atoms with E-state index >= 15 is 0 Å². The molecule has 0 bridgehead atoms. The second-order valence-electron chi connectivity index (χ2n) is 5.80. The molecule has 0 radical (unpaired) electrons. The van der Waals surface area contributed by atoms with Crippen LogP contribution in [0.5, 0.6) is 0 Å². The number of aliphatic hydroxyl groups is 1. The van der Waals surface area contributed by atoms with Crippen LogP contribution in [0.1, 0.15) is 29.8 Å². The van der Waals surface area contributed by atoms with Crippen molar-refractivity contribution in [1.29, 1.82) is 0 Å². The minimum absolute atomic E-state index is 0.168. The molecule has 1 amide bonds. The van der Waals surface area contributed by atoms with Crippen LogP contribution in [-0.2, 0) is 6.54 Å². The first kappa shape index (κ1) is 16.5. The van der Waals surface area contributed by atoms with Crippen LogP contribution in [0.25, 0.3) is 0 Å². The lowest BCUT2D eigenvalue weighted by Gasteiger charge is -2.29. The van der Waals surface area contributed by atoms with Crippen molar-refractivity contribution >= 4 is 17.5 Å². The highest BCUT2D eigenvalue weighted by atomic mass is 35.5. The Kier molecular flexibility index (Phi) is 5.16. The van der Waals surface area contributed by atoms with Crippen LogP contribution in [0, 0.1) is 0 Å². The van der Waals surface area contributed by atoms with Crippen LogP contribution in [0.4, 0.5) is 0 Å². The maximum atomic E-state index is 12.7. The summed E-state index contributed by atoms with van der Waals surface area (Å²) in [5.74, 6) is -0.246. The number of carbonyl (C=O) groups is 1. The van der Waals surface area contributed by atoms with Crippen molar-refractivity contribution in [3.8, 4) is 0 Å². The van der Waals surface area contributed by atoms with Gasteiger partial charge in [0.1, 0.15) is 5.15 Å². The molecule has 116 valence electrons. The van der Waals surface area contributed by atoms with Crippen molar-refractivity contribution in [3.63, 3.8) is 0 Å². The smallest absolute Gasteiger partial charge is 0.257 e. The Morgan fingerprint density at radius 3 is 2.50 bits per heavy atom. The Morgan fingerprint density at radius 2 is 1.91 bits per heavy atom. The maximum absolute atomic E-state index is 12.7. The first-order valence-corrected chi connectivity index (χ1v) is 7.41. The Bertz CT molecular complexity index is 639. The van der Waals surface area contributed by atoms with Gasteiger partial charge < -0.3 is 10.0 Å². The highest BCUT2D eigenvalue weighted by Crippen LogP contribution is 2.18. The number of nitrogens with zero attached hydrogens (tertiary/aromatic N) is 2. The number of carbonyl (C=O) groups excluding carboxylic acids is 1. The highest BCUT2D eigenvalue weighted by molar-refractivity contribution is 6.32. The number of benzene rings is 1. The largest absolute Gasteiger partial charge is 0.389 e. The maximum Gasteiger partial charge on any atom is 0.257 e. The van der Waals surface area contributed by atoms with Gasteiger partial charge in [0.15, 0.2) is 0 Å². The number of amides is 1. The Hall–Kier alpha value is -1.91. The molecular formula is C17H19ClN2O2. The monoisotopic (exact) mass is 318 g/mol. The third-order valence-corrected chi connectivity index (χ3v) is 3.37. The molecule has 0 spiro atoms. The van der Waals surface area contributed by atoms with Crippen molar-refractivity contribution < 1.29 is 9.90 Å². The van der Waals surface area contributed by atoms with Crippen LogP contribution in [0.15, 0.2) is 48.7 Å². The molecule has 4 nitrogen and oxygen atoms in total. The molecule has 0 aliphatic rings. The summed E-state index contributed by atoms with van der Waals surface area (Å²) in [5.41, 5.74) is 0.323. The van der Waals surface area contributed by atoms with E-state index in [9.17, 15) is 9.90 Å². The second kappa shape index (κ2) is 6.90. The van der Waals surface area contributed by atoms with E-state index < -0.39 is 5.60 Å². The first-order valence-electron chi connectivity index (χ1n) is 7.03. The van der Waals surface area contributed by atoms with Gasteiger partial charge in [0, 0.05) is 19.3 Å². The van der Waals surface area contributed by atoms with Crippen molar-refractivity contribution in [2.75, 3.05) is 6.54 Å². The minimum Gasteiger partial charge on any atom is -0.389 e. The molecule has 0 fully saturated rings. The third-order valence-electron chi connectivity index (χ3n) is 3.07. The molecule has 1 heterocycles. The molecule has 0 saturated carbocycles. The van der Waals surface area contributed by atoms with E-state index in [0.717, 1.165) is 5.56 Å². The second-order valence-corrected chi connectivity index (χ2v) is 6.16. The lowest BCUT2D eigenvalue weighted by atomic mass is 10.1. The van der Waals surface area contributed by atoms with Gasteiger partial charge in [0.05, 0.1) is 11.2 Å². The summed E-state index contributed by atoms with van der Waals surface area (Å²) in [4.78, 5) is 18.3. The number of hydrogen-bond donors (Lipinski definition) is 1. The fourth-order valence-electron chi connectivity index (χ4n) is 2.19.